The van der Waals surface area contributed by atoms with E-state index in [0.29, 0.717) is 22.9 Å². The molecule has 3 aromatic rings. The summed E-state index contributed by atoms with van der Waals surface area (Å²) in [7, 11) is 0. The highest BCUT2D eigenvalue weighted by Crippen LogP contribution is 2.25. The van der Waals surface area contributed by atoms with Crippen molar-refractivity contribution >= 4 is 37.4 Å². The van der Waals surface area contributed by atoms with E-state index >= 15 is 0 Å². The van der Waals surface area contributed by atoms with E-state index in [9.17, 15) is 9.59 Å². The number of rotatable bonds is 6. The zero-order chi connectivity index (χ0) is 17.8. The Morgan fingerprint density at radius 1 is 1.04 bits per heavy atom. The first-order valence-electron chi connectivity index (χ1n) is 8.60. The second-order valence-corrected chi connectivity index (χ2v) is 7.00. The molecule has 0 fully saturated rings. The van der Waals surface area contributed by atoms with Gasteiger partial charge in [-0.2, -0.15) is 0 Å². The predicted octanol–water partition coefficient (Wildman–Crippen LogP) is 3.49. The molecule has 0 aliphatic carbocycles. The topological polar surface area (TPSA) is 49.4 Å². The van der Waals surface area contributed by atoms with Crippen molar-refractivity contribution in [2.24, 2.45) is 0 Å². The molecule has 0 saturated carbocycles. The van der Waals surface area contributed by atoms with E-state index in [4.69, 9.17) is 0 Å². The van der Waals surface area contributed by atoms with Crippen LogP contribution in [0.3, 0.4) is 0 Å². The maximum atomic E-state index is 12.7. The van der Waals surface area contributed by atoms with E-state index < -0.39 is 0 Å². The number of hydrogen-bond acceptors (Lipinski definition) is 4. The lowest BCUT2D eigenvalue weighted by Gasteiger charge is -2.18. The molecule has 5 heteroatoms. The van der Waals surface area contributed by atoms with Crippen LogP contribution in [0.15, 0.2) is 47.3 Å². The number of carbonyl (C=O) groups is 1. The van der Waals surface area contributed by atoms with Gasteiger partial charge >= 0.3 is 0 Å². The summed E-state index contributed by atoms with van der Waals surface area (Å²) in [5.41, 5.74) is 0.522. The largest absolute Gasteiger partial charge is 0.351 e. The van der Waals surface area contributed by atoms with E-state index in [2.05, 4.69) is 24.1 Å². The number of carbonyl (C=O) groups excluding carboxylic acids is 1. The van der Waals surface area contributed by atoms with E-state index in [-0.39, 0.29) is 11.3 Å². The lowest BCUT2D eigenvalue weighted by Crippen LogP contribution is -2.34. The standard InChI is InChI=1S/C20H22N2O2S/c1-3-22(4-2)12-11-21-20(24)14-9-10-18-16(13-14)19(23)15-7-5-6-8-17(15)25-18/h5-10,13H,3-4,11-12H2,1-2H3,(H,21,24). The SMILES string of the molecule is CCN(CC)CCNC(=O)c1ccc2sc3ccccc3c(=O)c2c1. The molecule has 0 bridgehead atoms. The van der Waals surface area contributed by atoms with Crippen LogP contribution < -0.4 is 10.7 Å². The minimum atomic E-state index is -0.133. The van der Waals surface area contributed by atoms with Crippen molar-refractivity contribution in [1.82, 2.24) is 10.2 Å². The number of hydrogen-bond donors (Lipinski definition) is 1. The molecule has 1 amide bonds. The molecule has 1 heterocycles. The van der Waals surface area contributed by atoms with Gasteiger partial charge in [-0.1, -0.05) is 26.0 Å². The lowest BCUT2D eigenvalue weighted by atomic mass is 10.1. The van der Waals surface area contributed by atoms with Gasteiger partial charge in [0, 0.05) is 38.8 Å². The number of likely N-dealkylation sites (N-methyl/N-ethyl adjacent to an activating group) is 1. The van der Waals surface area contributed by atoms with E-state index in [1.807, 2.05) is 30.3 Å². The monoisotopic (exact) mass is 354 g/mol. The Labute approximate surface area is 151 Å². The van der Waals surface area contributed by atoms with Crippen LogP contribution in [-0.4, -0.2) is 37.0 Å². The smallest absolute Gasteiger partial charge is 0.251 e. The van der Waals surface area contributed by atoms with Crippen molar-refractivity contribution in [2.45, 2.75) is 13.8 Å². The molecule has 1 aromatic heterocycles. The fourth-order valence-corrected chi connectivity index (χ4v) is 3.97. The molecule has 25 heavy (non-hydrogen) atoms. The van der Waals surface area contributed by atoms with E-state index in [1.165, 1.54) is 0 Å². The van der Waals surface area contributed by atoms with Crippen molar-refractivity contribution in [3.8, 4) is 0 Å². The number of fused-ring (bicyclic) bond motifs is 2. The normalized spacial score (nSPS) is 11.3. The zero-order valence-electron chi connectivity index (χ0n) is 14.5. The minimum Gasteiger partial charge on any atom is -0.351 e. The molecule has 0 unspecified atom stereocenters. The van der Waals surface area contributed by atoms with Crippen molar-refractivity contribution in [2.75, 3.05) is 26.2 Å². The molecule has 0 atom stereocenters. The second kappa shape index (κ2) is 7.76. The molecule has 1 N–H and O–H groups in total. The Bertz CT molecular complexity index is 961. The van der Waals surface area contributed by atoms with Gasteiger partial charge < -0.3 is 10.2 Å². The molecule has 2 aromatic carbocycles. The van der Waals surface area contributed by atoms with Crippen LogP contribution in [-0.2, 0) is 0 Å². The summed E-state index contributed by atoms with van der Waals surface area (Å²) < 4.78 is 1.87. The number of nitrogens with one attached hydrogen (secondary N) is 1. The van der Waals surface area contributed by atoms with Crippen LogP contribution in [0, 0.1) is 0 Å². The summed E-state index contributed by atoms with van der Waals surface area (Å²) in [6, 6.07) is 13.0. The Balaban J connectivity index is 1.85. The van der Waals surface area contributed by atoms with Gasteiger partial charge in [0.05, 0.1) is 0 Å². The Hall–Kier alpha value is -2.24. The highest BCUT2D eigenvalue weighted by molar-refractivity contribution is 7.24. The van der Waals surface area contributed by atoms with Crippen LogP contribution in [0.25, 0.3) is 20.2 Å². The fourth-order valence-electron chi connectivity index (χ4n) is 2.91. The van der Waals surface area contributed by atoms with Crippen molar-refractivity contribution in [1.29, 1.82) is 0 Å². The summed E-state index contributed by atoms with van der Waals surface area (Å²) in [4.78, 5) is 27.4. The molecule has 0 aliphatic heterocycles. The summed E-state index contributed by atoms with van der Waals surface area (Å²) in [6.07, 6.45) is 0. The molecule has 130 valence electrons. The molecular formula is C20H22N2O2S. The molecule has 0 radical (unpaired) electrons. The first-order valence-corrected chi connectivity index (χ1v) is 9.41. The third kappa shape index (κ3) is 3.72. The van der Waals surface area contributed by atoms with Crippen molar-refractivity contribution in [3.05, 3.63) is 58.3 Å². The van der Waals surface area contributed by atoms with Gasteiger partial charge in [0.2, 0.25) is 0 Å². The average Bonchev–Trinajstić information content (AvgIpc) is 2.65. The molecular weight excluding hydrogens is 332 g/mol. The lowest BCUT2D eigenvalue weighted by molar-refractivity contribution is 0.0949. The summed E-state index contributed by atoms with van der Waals surface area (Å²) in [5.74, 6) is -0.133. The van der Waals surface area contributed by atoms with Crippen molar-refractivity contribution in [3.63, 3.8) is 0 Å². The van der Waals surface area contributed by atoms with Gasteiger partial charge in [0.25, 0.3) is 5.91 Å². The molecule has 4 nitrogen and oxygen atoms in total. The Kier molecular flexibility index (Phi) is 5.46. The van der Waals surface area contributed by atoms with E-state index in [1.54, 1.807) is 23.5 Å². The molecule has 0 saturated heterocycles. The molecule has 0 aliphatic rings. The Morgan fingerprint density at radius 3 is 2.52 bits per heavy atom. The fraction of sp³-hybridized carbons (Fsp3) is 0.300. The molecule has 3 rings (SSSR count). The van der Waals surface area contributed by atoms with Crippen LogP contribution in [0.1, 0.15) is 24.2 Å². The molecule has 0 spiro atoms. The Morgan fingerprint density at radius 2 is 1.76 bits per heavy atom. The van der Waals surface area contributed by atoms with Gasteiger partial charge in [0.15, 0.2) is 5.43 Å². The summed E-state index contributed by atoms with van der Waals surface area (Å²) in [6.45, 7) is 7.58. The van der Waals surface area contributed by atoms with Gasteiger partial charge in [-0.3, -0.25) is 9.59 Å². The third-order valence-corrected chi connectivity index (χ3v) is 5.60. The highest BCUT2D eigenvalue weighted by atomic mass is 32.1. The highest BCUT2D eigenvalue weighted by Gasteiger charge is 2.10. The van der Waals surface area contributed by atoms with Crippen LogP contribution in [0.2, 0.25) is 0 Å². The zero-order valence-corrected chi connectivity index (χ0v) is 15.4. The van der Waals surface area contributed by atoms with Crippen LogP contribution in [0.4, 0.5) is 0 Å². The first kappa shape index (κ1) is 17.6. The number of amides is 1. The first-order chi connectivity index (χ1) is 12.1. The van der Waals surface area contributed by atoms with E-state index in [0.717, 1.165) is 29.0 Å². The maximum absolute atomic E-state index is 12.7. The summed E-state index contributed by atoms with van der Waals surface area (Å²) >= 11 is 1.58. The minimum absolute atomic E-state index is 0.0119. The predicted molar refractivity (Wildman–Crippen MR) is 106 cm³/mol. The van der Waals surface area contributed by atoms with Crippen molar-refractivity contribution < 1.29 is 4.79 Å². The van der Waals surface area contributed by atoms with Crippen LogP contribution >= 0.6 is 11.3 Å². The van der Waals surface area contributed by atoms with Crippen LogP contribution in [0.5, 0.6) is 0 Å². The number of nitrogens with zero attached hydrogens (tertiary/aromatic N) is 1. The van der Waals surface area contributed by atoms with Gasteiger partial charge in [-0.05, 0) is 43.4 Å². The third-order valence-electron chi connectivity index (χ3n) is 4.45. The van der Waals surface area contributed by atoms with Gasteiger partial charge in [-0.25, -0.2) is 0 Å². The maximum Gasteiger partial charge on any atom is 0.251 e. The second-order valence-electron chi connectivity index (χ2n) is 5.92. The quantitative estimate of drug-likeness (QED) is 0.690. The number of benzene rings is 2. The van der Waals surface area contributed by atoms with Gasteiger partial charge in [0.1, 0.15) is 0 Å². The van der Waals surface area contributed by atoms with Gasteiger partial charge in [-0.15, -0.1) is 11.3 Å². The average molecular weight is 354 g/mol. The summed E-state index contributed by atoms with van der Waals surface area (Å²) in [5, 5.41) is 4.26.